The summed E-state index contributed by atoms with van der Waals surface area (Å²) in [4.78, 5) is 21.5. The number of hydrogen-bond acceptors (Lipinski definition) is 4. The fourth-order valence-electron chi connectivity index (χ4n) is 1.65. The van der Waals surface area contributed by atoms with Gasteiger partial charge in [0.2, 0.25) is 5.91 Å². The molecule has 0 aliphatic carbocycles. The van der Waals surface area contributed by atoms with Crippen LogP contribution in [0.25, 0.3) is 0 Å². The Morgan fingerprint density at radius 1 is 1.26 bits per heavy atom. The fourth-order valence-corrected chi connectivity index (χ4v) is 1.65. The van der Waals surface area contributed by atoms with Crippen LogP contribution in [0.5, 0.6) is 0 Å². The number of benzene rings is 1. The minimum Gasteiger partial charge on any atom is -0.356 e. The van der Waals surface area contributed by atoms with E-state index in [4.69, 9.17) is 5.73 Å². The summed E-state index contributed by atoms with van der Waals surface area (Å²) in [6.45, 7) is 1.15. The Balaban J connectivity index is 2.25. The zero-order valence-corrected chi connectivity index (χ0v) is 10.8. The molecule has 0 unspecified atom stereocenters. The molecule has 0 bridgehead atoms. The maximum atomic E-state index is 11.4. The lowest BCUT2D eigenvalue weighted by Crippen LogP contribution is -2.25. The highest BCUT2D eigenvalue weighted by atomic mass is 16.6. The predicted octanol–water partition coefficient (Wildman–Crippen LogP) is 1.38. The second-order valence-electron chi connectivity index (χ2n) is 4.27. The molecule has 104 valence electrons. The topological polar surface area (TPSA) is 98.3 Å². The third-order valence-corrected chi connectivity index (χ3v) is 2.74. The van der Waals surface area contributed by atoms with Crippen LogP contribution in [0.3, 0.4) is 0 Å². The lowest BCUT2D eigenvalue weighted by Gasteiger charge is -2.05. The normalized spacial score (nSPS) is 10.2. The molecule has 0 aliphatic heterocycles. The number of nitro benzene ring substituents is 1. The van der Waals surface area contributed by atoms with Crippen LogP contribution >= 0.6 is 0 Å². The highest BCUT2D eigenvalue weighted by Gasteiger charge is 2.04. The van der Waals surface area contributed by atoms with Crippen LogP contribution in [-0.4, -0.2) is 23.9 Å². The van der Waals surface area contributed by atoms with Gasteiger partial charge < -0.3 is 11.1 Å². The van der Waals surface area contributed by atoms with Gasteiger partial charge in [-0.15, -0.1) is 0 Å². The number of nitrogens with two attached hydrogens (primary N) is 1. The predicted molar refractivity (Wildman–Crippen MR) is 72.7 cm³/mol. The summed E-state index contributed by atoms with van der Waals surface area (Å²) in [5.74, 6) is 0.0235. The van der Waals surface area contributed by atoms with Gasteiger partial charge in [-0.1, -0.05) is 12.1 Å². The lowest BCUT2D eigenvalue weighted by molar-refractivity contribution is -0.384. The molecule has 0 heterocycles. The van der Waals surface area contributed by atoms with E-state index in [1.807, 2.05) is 0 Å². The Bertz CT molecular complexity index is 418. The first-order valence-electron chi connectivity index (χ1n) is 6.33. The second-order valence-corrected chi connectivity index (χ2v) is 4.27. The van der Waals surface area contributed by atoms with E-state index in [2.05, 4.69) is 5.32 Å². The number of non-ortho nitro benzene ring substituents is 1. The number of carbonyl (C=O) groups excluding carboxylic acids is 1. The van der Waals surface area contributed by atoms with Gasteiger partial charge in [-0.2, -0.15) is 0 Å². The van der Waals surface area contributed by atoms with Gasteiger partial charge in [0, 0.05) is 25.1 Å². The zero-order chi connectivity index (χ0) is 14.1. The van der Waals surface area contributed by atoms with Gasteiger partial charge >= 0.3 is 0 Å². The smallest absolute Gasteiger partial charge is 0.269 e. The van der Waals surface area contributed by atoms with Crippen molar-refractivity contribution in [2.45, 2.75) is 25.7 Å². The second kappa shape index (κ2) is 8.20. The van der Waals surface area contributed by atoms with Gasteiger partial charge in [-0.25, -0.2) is 0 Å². The van der Waals surface area contributed by atoms with E-state index in [0.717, 1.165) is 18.4 Å². The molecule has 0 aliphatic rings. The van der Waals surface area contributed by atoms with Gasteiger partial charge in [0.05, 0.1) is 4.92 Å². The van der Waals surface area contributed by atoms with E-state index in [1.165, 1.54) is 12.1 Å². The summed E-state index contributed by atoms with van der Waals surface area (Å²) >= 11 is 0. The van der Waals surface area contributed by atoms with Crippen molar-refractivity contribution in [3.05, 3.63) is 39.9 Å². The summed E-state index contributed by atoms with van der Waals surface area (Å²) in [6.07, 6.45) is 2.83. The van der Waals surface area contributed by atoms with Gasteiger partial charge in [0.25, 0.3) is 5.69 Å². The van der Waals surface area contributed by atoms with Crippen molar-refractivity contribution in [3.63, 3.8) is 0 Å². The van der Waals surface area contributed by atoms with Gasteiger partial charge in [-0.3, -0.25) is 14.9 Å². The first-order valence-corrected chi connectivity index (χ1v) is 6.33. The Morgan fingerprint density at radius 2 is 1.95 bits per heavy atom. The molecule has 0 radical (unpaired) electrons. The summed E-state index contributed by atoms with van der Waals surface area (Å²) < 4.78 is 0. The van der Waals surface area contributed by atoms with Crippen molar-refractivity contribution in [2.75, 3.05) is 13.1 Å². The third kappa shape index (κ3) is 5.96. The van der Waals surface area contributed by atoms with E-state index in [0.29, 0.717) is 25.9 Å². The van der Waals surface area contributed by atoms with Crippen LogP contribution in [0.1, 0.15) is 24.8 Å². The highest BCUT2D eigenvalue weighted by molar-refractivity contribution is 5.75. The van der Waals surface area contributed by atoms with E-state index in [1.54, 1.807) is 12.1 Å². The number of nitrogens with zero attached hydrogens (tertiary/aromatic N) is 1. The fraction of sp³-hybridized carbons (Fsp3) is 0.462. The largest absolute Gasteiger partial charge is 0.356 e. The maximum Gasteiger partial charge on any atom is 0.269 e. The monoisotopic (exact) mass is 265 g/mol. The van der Waals surface area contributed by atoms with Gasteiger partial charge in [-0.05, 0) is 31.4 Å². The molecule has 1 amide bonds. The highest BCUT2D eigenvalue weighted by Crippen LogP contribution is 2.11. The molecule has 1 aromatic carbocycles. The molecule has 3 N–H and O–H groups in total. The average molecular weight is 265 g/mol. The molecule has 0 atom stereocenters. The molecule has 1 rings (SSSR count). The average Bonchev–Trinajstić information content (AvgIpc) is 2.39. The summed E-state index contributed by atoms with van der Waals surface area (Å²) in [5, 5.41) is 13.3. The van der Waals surface area contributed by atoms with E-state index >= 15 is 0 Å². The molecule has 19 heavy (non-hydrogen) atoms. The zero-order valence-electron chi connectivity index (χ0n) is 10.8. The number of nitro groups is 1. The van der Waals surface area contributed by atoms with Crippen molar-refractivity contribution >= 4 is 11.6 Å². The first kappa shape index (κ1) is 15.1. The van der Waals surface area contributed by atoms with Crippen LogP contribution in [-0.2, 0) is 11.2 Å². The number of unbranched alkanes of at least 4 members (excludes halogenated alkanes) is 1. The van der Waals surface area contributed by atoms with Gasteiger partial charge in [0.15, 0.2) is 0 Å². The molecule has 1 aromatic rings. The van der Waals surface area contributed by atoms with E-state index in [-0.39, 0.29) is 11.6 Å². The number of carbonyl (C=O) groups is 1. The molecule has 0 aromatic heterocycles. The molecular formula is C13H19N3O3. The van der Waals surface area contributed by atoms with Crippen LogP contribution in [0.2, 0.25) is 0 Å². The molecule has 0 fully saturated rings. The SMILES string of the molecule is NCCCCC(=O)NCCc1ccc([N+](=O)[O-])cc1. The Kier molecular flexibility index (Phi) is 6.52. The first-order chi connectivity index (χ1) is 9.13. The molecule has 0 saturated heterocycles. The molecule has 6 nitrogen and oxygen atoms in total. The van der Waals surface area contributed by atoms with Crippen LogP contribution in [0.4, 0.5) is 5.69 Å². The number of nitrogens with one attached hydrogen (secondary N) is 1. The molecule has 0 spiro atoms. The third-order valence-electron chi connectivity index (χ3n) is 2.74. The summed E-state index contributed by atoms with van der Waals surface area (Å²) in [5.41, 5.74) is 6.39. The lowest BCUT2D eigenvalue weighted by atomic mass is 10.1. The Morgan fingerprint density at radius 3 is 2.53 bits per heavy atom. The van der Waals surface area contributed by atoms with Crippen molar-refractivity contribution in [1.82, 2.24) is 5.32 Å². The number of hydrogen-bond donors (Lipinski definition) is 2. The number of amides is 1. The molecule has 6 heteroatoms. The number of rotatable bonds is 8. The van der Waals surface area contributed by atoms with Crippen molar-refractivity contribution in [1.29, 1.82) is 0 Å². The standard InChI is InChI=1S/C13H19N3O3/c14-9-2-1-3-13(17)15-10-8-11-4-6-12(7-5-11)16(18)19/h4-7H,1-3,8-10,14H2,(H,15,17). The summed E-state index contributed by atoms with van der Waals surface area (Å²) in [6, 6.07) is 6.36. The van der Waals surface area contributed by atoms with Crippen LogP contribution in [0, 0.1) is 10.1 Å². The van der Waals surface area contributed by atoms with Gasteiger partial charge in [0.1, 0.15) is 0 Å². The van der Waals surface area contributed by atoms with Crippen molar-refractivity contribution in [3.8, 4) is 0 Å². The maximum absolute atomic E-state index is 11.4. The minimum absolute atomic E-state index is 0.0235. The Labute approximate surface area is 112 Å². The van der Waals surface area contributed by atoms with Crippen LogP contribution < -0.4 is 11.1 Å². The minimum atomic E-state index is -0.428. The van der Waals surface area contributed by atoms with Crippen molar-refractivity contribution in [2.24, 2.45) is 5.73 Å². The Hall–Kier alpha value is -1.95. The van der Waals surface area contributed by atoms with E-state index < -0.39 is 4.92 Å². The molecule has 0 saturated carbocycles. The van der Waals surface area contributed by atoms with E-state index in [9.17, 15) is 14.9 Å². The summed E-state index contributed by atoms with van der Waals surface area (Å²) in [7, 11) is 0. The quantitative estimate of drug-likeness (QED) is 0.421. The molecular weight excluding hydrogens is 246 g/mol. The van der Waals surface area contributed by atoms with Crippen molar-refractivity contribution < 1.29 is 9.72 Å². The van der Waals surface area contributed by atoms with Crippen LogP contribution in [0.15, 0.2) is 24.3 Å².